The Morgan fingerprint density at radius 2 is 1.97 bits per heavy atom. The van der Waals surface area contributed by atoms with Crippen molar-refractivity contribution in [3.63, 3.8) is 0 Å². The first-order chi connectivity index (χ1) is 14.6. The van der Waals surface area contributed by atoms with Crippen molar-refractivity contribution in [3.8, 4) is 5.69 Å². The van der Waals surface area contributed by atoms with E-state index in [0.29, 0.717) is 33.3 Å². The molecule has 0 spiro atoms. The lowest BCUT2D eigenvalue weighted by Crippen LogP contribution is -2.26. The Hall–Kier alpha value is -3.16. The number of rotatable bonds is 6. The van der Waals surface area contributed by atoms with E-state index in [2.05, 4.69) is 15.3 Å². The summed E-state index contributed by atoms with van der Waals surface area (Å²) in [4.78, 5) is 34.2. The smallest absolute Gasteiger partial charge is 0.266 e. The van der Waals surface area contributed by atoms with Crippen molar-refractivity contribution in [3.05, 3.63) is 94.0 Å². The number of carbonyl (C=O) groups excluding carboxylic acids is 1. The fraction of sp³-hybridized carbons (Fsp3) is 0.0909. The van der Waals surface area contributed by atoms with Crippen LogP contribution in [-0.2, 0) is 11.3 Å². The molecule has 2 aromatic heterocycles. The molecule has 0 aliphatic rings. The third-order valence-electron chi connectivity index (χ3n) is 4.36. The summed E-state index contributed by atoms with van der Waals surface area (Å²) in [7, 11) is 0. The lowest BCUT2D eigenvalue weighted by Gasteiger charge is -2.13. The average molecular weight is 437 g/mol. The molecule has 0 aliphatic heterocycles. The minimum Gasteiger partial charge on any atom is -0.351 e. The Bertz CT molecular complexity index is 1260. The standard InChI is InChI=1S/C22H17ClN4O2S/c23-16-6-3-7-17(11-16)27-21(29)18-8-1-2-9-19(18)26-22(27)30-14-20(28)25-13-15-5-4-10-24-12-15/h1-12H,13-14H2,(H,25,28). The first-order valence-electron chi connectivity index (χ1n) is 9.18. The number of hydrogen-bond donors (Lipinski definition) is 1. The van der Waals surface area contributed by atoms with Gasteiger partial charge in [-0.2, -0.15) is 0 Å². The van der Waals surface area contributed by atoms with Crippen molar-refractivity contribution in [1.29, 1.82) is 0 Å². The van der Waals surface area contributed by atoms with Gasteiger partial charge in [0.05, 0.1) is 22.3 Å². The van der Waals surface area contributed by atoms with Gasteiger partial charge >= 0.3 is 0 Å². The summed E-state index contributed by atoms with van der Waals surface area (Å²) in [6.45, 7) is 0.388. The molecule has 0 saturated heterocycles. The van der Waals surface area contributed by atoms with Gasteiger partial charge in [0, 0.05) is 24.0 Å². The van der Waals surface area contributed by atoms with Crippen LogP contribution < -0.4 is 10.9 Å². The van der Waals surface area contributed by atoms with Crippen molar-refractivity contribution in [2.75, 3.05) is 5.75 Å². The minimum atomic E-state index is -0.207. The molecule has 0 unspecified atom stereocenters. The minimum absolute atomic E-state index is 0.117. The monoisotopic (exact) mass is 436 g/mol. The van der Waals surface area contributed by atoms with Gasteiger partial charge in [-0.3, -0.25) is 19.1 Å². The number of amides is 1. The molecule has 0 fully saturated rings. The summed E-state index contributed by atoms with van der Waals surface area (Å²) in [6, 6.07) is 17.9. The Kier molecular flexibility index (Phi) is 6.11. The van der Waals surface area contributed by atoms with Crippen molar-refractivity contribution in [2.24, 2.45) is 0 Å². The topological polar surface area (TPSA) is 76.9 Å². The molecule has 1 amide bonds. The highest BCUT2D eigenvalue weighted by atomic mass is 35.5. The van der Waals surface area contributed by atoms with Crippen LogP contribution in [0.15, 0.2) is 83.0 Å². The maximum absolute atomic E-state index is 13.2. The molecule has 30 heavy (non-hydrogen) atoms. The molecule has 4 aromatic rings. The zero-order valence-corrected chi connectivity index (χ0v) is 17.4. The fourth-order valence-electron chi connectivity index (χ4n) is 2.94. The van der Waals surface area contributed by atoms with Crippen LogP contribution in [0.3, 0.4) is 0 Å². The van der Waals surface area contributed by atoms with Gasteiger partial charge in [0.1, 0.15) is 0 Å². The number of benzene rings is 2. The molecular formula is C22H17ClN4O2S. The zero-order valence-electron chi connectivity index (χ0n) is 15.8. The van der Waals surface area contributed by atoms with Crippen LogP contribution in [0.2, 0.25) is 5.02 Å². The summed E-state index contributed by atoms with van der Waals surface area (Å²) in [5.41, 5.74) is 1.89. The van der Waals surface area contributed by atoms with Gasteiger partial charge in [0.15, 0.2) is 5.16 Å². The van der Waals surface area contributed by atoms with Crippen LogP contribution in [0.5, 0.6) is 0 Å². The molecule has 4 rings (SSSR count). The largest absolute Gasteiger partial charge is 0.351 e. The van der Waals surface area contributed by atoms with E-state index in [1.807, 2.05) is 18.2 Å². The highest BCUT2D eigenvalue weighted by molar-refractivity contribution is 7.99. The first kappa shape index (κ1) is 20.1. The average Bonchev–Trinajstić information content (AvgIpc) is 2.77. The van der Waals surface area contributed by atoms with Gasteiger partial charge in [-0.25, -0.2) is 4.98 Å². The summed E-state index contributed by atoms with van der Waals surface area (Å²) in [6.07, 6.45) is 3.39. The quantitative estimate of drug-likeness (QED) is 0.367. The Morgan fingerprint density at radius 3 is 2.77 bits per heavy atom. The van der Waals surface area contributed by atoms with Crippen LogP contribution in [0.4, 0.5) is 0 Å². The van der Waals surface area contributed by atoms with E-state index in [9.17, 15) is 9.59 Å². The number of carbonyl (C=O) groups is 1. The molecule has 6 nitrogen and oxygen atoms in total. The molecule has 8 heteroatoms. The predicted molar refractivity (Wildman–Crippen MR) is 119 cm³/mol. The van der Waals surface area contributed by atoms with Gasteiger partial charge < -0.3 is 5.32 Å². The summed E-state index contributed by atoms with van der Waals surface area (Å²) in [5.74, 6) is -0.0464. The number of hydrogen-bond acceptors (Lipinski definition) is 5. The molecule has 150 valence electrons. The molecule has 0 aliphatic carbocycles. The van der Waals surface area contributed by atoms with E-state index in [0.717, 1.165) is 5.56 Å². The number of pyridine rings is 1. The Labute approximate surface area is 181 Å². The highest BCUT2D eigenvalue weighted by Crippen LogP contribution is 2.22. The van der Waals surface area contributed by atoms with Crippen molar-refractivity contribution in [1.82, 2.24) is 19.9 Å². The number of nitrogens with one attached hydrogen (secondary N) is 1. The molecule has 2 aromatic carbocycles. The number of para-hydroxylation sites is 1. The number of nitrogens with zero attached hydrogens (tertiary/aromatic N) is 3. The van der Waals surface area contributed by atoms with Gasteiger partial charge in [-0.05, 0) is 42.0 Å². The molecular weight excluding hydrogens is 420 g/mol. The summed E-state index contributed by atoms with van der Waals surface area (Å²) < 4.78 is 1.49. The van der Waals surface area contributed by atoms with E-state index >= 15 is 0 Å². The van der Waals surface area contributed by atoms with E-state index in [1.54, 1.807) is 54.9 Å². The molecule has 1 N–H and O–H groups in total. The maximum atomic E-state index is 13.2. The molecule has 0 radical (unpaired) electrons. The number of aromatic nitrogens is 3. The van der Waals surface area contributed by atoms with E-state index in [-0.39, 0.29) is 17.2 Å². The number of halogens is 1. The maximum Gasteiger partial charge on any atom is 0.266 e. The second-order valence-electron chi connectivity index (χ2n) is 6.46. The fourth-order valence-corrected chi connectivity index (χ4v) is 3.96. The molecule has 0 saturated carbocycles. The Morgan fingerprint density at radius 1 is 1.10 bits per heavy atom. The van der Waals surface area contributed by atoms with E-state index in [1.165, 1.54) is 16.3 Å². The second-order valence-corrected chi connectivity index (χ2v) is 7.84. The van der Waals surface area contributed by atoms with Gasteiger partial charge in [0.2, 0.25) is 5.91 Å². The van der Waals surface area contributed by atoms with Crippen LogP contribution in [-0.4, -0.2) is 26.2 Å². The third kappa shape index (κ3) is 4.53. The lowest BCUT2D eigenvalue weighted by molar-refractivity contribution is -0.118. The summed E-state index contributed by atoms with van der Waals surface area (Å²) >= 11 is 7.33. The molecule has 0 atom stereocenters. The van der Waals surface area contributed by atoms with Crippen LogP contribution in [0, 0.1) is 0 Å². The second kappa shape index (κ2) is 9.11. The third-order valence-corrected chi connectivity index (χ3v) is 5.53. The number of fused-ring (bicyclic) bond motifs is 1. The Balaban J connectivity index is 1.61. The van der Waals surface area contributed by atoms with Crippen molar-refractivity contribution < 1.29 is 4.79 Å². The van der Waals surface area contributed by atoms with Crippen molar-refractivity contribution >= 4 is 40.2 Å². The van der Waals surface area contributed by atoms with Gasteiger partial charge in [-0.1, -0.05) is 47.6 Å². The molecule has 0 bridgehead atoms. The van der Waals surface area contributed by atoms with Crippen LogP contribution in [0.25, 0.3) is 16.6 Å². The van der Waals surface area contributed by atoms with Crippen molar-refractivity contribution in [2.45, 2.75) is 11.7 Å². The lowest BCUT2D eigenvalue weighted by atomic mass is 10.2. The predicted octanol–water partition coefficient (Wildman–Crippen LogP) is 3.84. The normalized spacial score (nSPS) is 10.8. The first-order valence-corrected chi connectivity index (χ1v) is 10.5. The highest BCUT2D eigenvalue weighted by Gasteiger charge is 2.15. The number of thioether (sulfide) groups is 1. The van der Waals surface area contributed by atoms with E-state index in [4.69, 9.17) is 11.6 Å². The summed E-state index contributed by atoms with van der Waals surface area (Å²) in [5, 5.41) is 4.30. The SMILES string of the molecule is O=C(CSc1nc2ccccc2c(=O)n1-c1cccc(Cl)c1)NCc1cccnc1. The molecule has 2 heterocycles. The van der Waals surface area contributed by atoms with Crippen LogP contribution in [0.1, 0.15) is 5.56 Å². The van der Waals surface area contributed by atoms with Gasteiger partial charge in [0.25, 0.3) is 5.56 Å². The van der Waals surface area contributed by atoms with E-state index < -0.39 is 0 Å². The zero-order chi connectivity index (χ0) is 20.9. The van der Waals surface area contributed by atoms with Gasteiger partial charge in [-0.15, -0.1) is 0 Å². The van der Waals surface area contributed by atoms with Crippen LogP contribution >= 0.6 is 23.4 Å².